The van der Waals surface area contributed by atoms with Crippen molar-refractivity contribution in [2.24, 2.45) is 0 Å². The SMILES string of the molecule is CS[C@H]1O[C@@H](c2ccc(C)c(Cc3ccc(CCCC(=O)NC(C)(C)C(=O)N4CCN(CC(=O)N(C)C)CC4)cc3)c2)[C@H](O)[C@@H](O)[C@@H]1O. The lowest BCUT2D eigenvalue weighted by atomic mass is 9.91. The standard InChI is InChI=1S/C36H52N4O7S/c1-23-10-15-26(33-31(44)30(43)32(45)34(47-33)48-6)21-27(23)20-25-13-11-24(12-14-25)8-7-9-28(41)37-36(2,3)35(46)40-18-16-39(17-19-40)22-29(42)38(4)5/h10-15,21,30-34,43-45H,7-9,16-20,22H2,1-6H3,(H,37,41)/t30-,31-,32+,33+,34-/m1/s1. The molecule has 2 aliphatic rings. The summed E-state index contributed by atoms with van der Waals surface area (Å²) in [4.78, 5) is 43.4. The van der Waals surface area contributed by atoms with Gasteiger partial charge in [-0.3, -0.25) is 19.3 Å². The number of hydrogen-bond acceptors (Lipinski definition) is 9. The number of thioether (sulfide) groups is 1. The molecular weight excluding hydrogens is 632 g/mol. The lowest BCUT2D eigenvalue weighted by Crippen LogP contribution is -2.60. The van der Waals surface area contributed by atoms with Gasteiger partial charge < -0.3 is 35.2 Å². The Balaban J connectivity index is 1.24. The van der Waals surface area contributed by atoms with Crippen molar-refractivity contribution in [3.8, 4) is 0 Å². The van der Waals surface area contributed by atoms with E-state index in [9.17, 15) is 29.7 Å². The number of nitrogens with one attached hydrogen (secondary N) is 1. The second kappa shape index (κ2) is 16.6. The average Bonchev–Trinajstić information content (AvgIpc) is 3.05. The van der Waals surface area contributed by atoms with Gasteiger partial charge in [-0.2, -0.15) is 0 Å². The maximum absolute atomic E-state index is 13.2. The first kappa shape index (κ1) is 37.8. The fourth-order valence-corrected chi connectivity index (χ4v) is 6.85. The Morgan fingerprint density at radius 2 is 1.60 bits per heavy atom. The normalized spacial score (nSPS) is 23.5. The lowest BCUT2D eigenvalue weighted by Gasteiger charge is -2.40. The number of hydrogen-bond donors (Lipinski definition) is 4. The summed E-state index contributed by atoms with van der Waals surface area (Å²) in [6.45, 7) is 8.13. The van der Waals surface area contributed by atoms with Crippen LogP contribution in [0.4, 0.5) is 0 Å². The van der Waals surface area contributed by atoms with Crippen LogP contribution >= 0.6 is 11.8 Å². The van der Waals surface area contributed by atoms with Crippen molar-refractivity contribution in [3.05, 3.63) is 70.3 Å². The molecule has 0 unspecified atom stereocenters. The van der Waals surface area contributed by atoms with Crippen LogP contribution in [0.2, 0.25) is 0 Å². The van der Waals surface area contributed by atoms with E-state index in [2.05, 4.69) is 29.6 Å². The quantitative estimate of drug-likeness (QED) is 0.264. The van der Waals surface area contributed by atoms with Crippen molar-refractivity contribution in [3.63, 3.8) is 0 Å². The summed E-state index contributed by atoms with van der Waals surface area (Å²) in [5, 5.41) is 34.2. The van der Waals surface area contributed by atoms with Gasteiger partial charge in [0.15, 0.2) is 0 Å². The van der Waals surface area contributed by atoms with Crippen LogP contribution in [-0.2, 0) is 32.0 Å². The van der Waals surface area contributed by atoms with E-state index in [1.54, 1.807) is 44.0 Å². The Morgan fingerprint density at radius 3 is 2.23 bits per heavy atom. The van der Waals surface area contributed by atoms with Gasteiger partial charge in [0.1, 0.15) is 35.4 Å². The first-order valence-corrected chi connectivity index (χ1v) is 17.9. The van der Waals surface area contributed by atoms with Gasteiger partial charge in [0, 0.05) is 46.7 Å². The predicted molar refractivity (Wildman–Crippen MR) is 186 cm³/mol. The smallest absolute Gasteiger partial charge is 0.247 e. The Bertz CT molecular complexity index is 1410. The van der Waals surface area contributed by atoms with Crippen LogP contribution in [0.25, 0.3) is 0 Å². The molecule has 2 fully saturated rings. The summed E-state index contributed by atoms with van der Waals surface area (Å²) in [5.74, 6) is -0.236. The highest BCUT2D eigenvalue weighted by Gasteiger charge is 2.44. The van der Waals surface area contributed by atoms with E-state index in [4.69, 9.17) is 4.74 Å². The summed E-state index contributed by atoms with van der Waals surface area (Å²) in [7, 11) is 3.47. The van der Waals surface area contributed by atoms with Crippen LogP contribution < -0.4 is 5.32 Å². The molecular formula is C36H52N4O7S. The summed E-state index contributed by atoms with van der Waals surface area (Å²) in [6.07, 6.45) is -0.281. The number of piperazine rings is 1. The molecule has 0 spiro atoms. The zero-order valence-corrected chi connectivity index (χ0v) is 29.8. The molecule has 0 bridgehead atoms. The molecule has 264 valence electrons. The van der Waals surface area contributed by atoms with Crippen LogP contribution in [0.3, 0.4) is 0 Å². The second-order valence-electron chi connectivity index (χ2n) is 13.7. The molecule has 2 aliphatic heterocycles. The van der Waals surface area contributed by atoms with Crippen molar-refractivity contribution in [2.45, 2.75) is 81.8 Å². The molecule has 2 aromatic carbocycles. The van der Waals surface area contributed by atoms with Crippen LogP contribution in [-0.4, -0.2) is 130 Å². The molecule has 48 heavy (non-hydrogen) atoms. The largest absolute Gasteiger partial charge is 0.387 e. The molecule has 2 aromatic rings. The topological polar surface area (TPSA) is 143 Å². The van der Waals surface area contributed by atoms with Gasteiger partial charge in [-0.15, -0.1) is 11.8 Å². The number of likely N-dealkylation sites (N-methyl/N-ethyl adjacent to an activating group) is 1. The first-order valence-electron chi connectivity index (χ1n) is 16.6. The molecule has 0 aromatic heterocycles. The minimum absolute atomic E-state index is 0.0394. The summed E-state index contributed by atoms with van der Waals surface area (Å²) in [5.41, 5.74) is 3.51. The Hall–Kier alpha value is -3.00. The van der Waals surface area contributed by atoms with Gasteiger partial charge in [0.25, 0.3) is 0 Å². The highest BCUT2D eigenvalue weighted by Crippen LogP contribution is 2.36. The molecule has 5 atom stereocenters. The number of rotatable bonds is 12. The summed E-state index contributed by atoms with van der Waals surface area (Å²) in [6, 6.07) is 14.2. The third-order valence-electron chi connectivity index (χ3n) is 9.29. The van der Waals surface area contributed by atoms with E-state index in [1.807, 2.05) is 30.0 Å². The second-order valence-corrected chi connectivity index (χ2v) is 14.6. The van der Waals surface area contributed by atoms with Gasteiger partial charge in [-0.25, -0.2) is 0 Å². The summed E-state index contributed by atoms with van der Waals surface area (Å²) < 4.78 is 5.96. The van der Waals surface area contributed by atoms with E-state index < -0.39 is 35.4 Å². The molecule has 3 amide bonds. The molecule has 12 heteroatoms. The number of aliphatic hydroxyl groups is 3. The zero-order chi connectivity index (χ0) is 35.2. The fourth-order valence-electron chi connectivity index (χ4n) is 6.18. The van der Waals surface area contributed by atoms with E-state index in [0.29, 0.717) is 52.0 Å². The predicted octanol–water partition coefficient (Wildman–Crippen LogP) is 1.88. The van der Waals surface area contributed by atoms with Gasteiger partial charge in [0.2, 0.25) is 17.7 Å². The number of amides is 3. The number of nitrogens with zero attached hydrogens (tertiary/aromatic N) is 3. The van der Waals surface area contributed by atoms with Crippen LogP contribution in [0.5, 0.6) is 0 Å². The summed E-state index contributed by atoms with van der Waals surface area (Å²) >= 11 is 1.30. The number of benzene rings is 2. The minimum atomic E-state index is -1.29. The zero-order valence-electron chi connectivity index (χ0n) is 29.0. The third kappa shape index (κ3) is 9.58. The van der Waals surface area contributed by atoms with E-state index in [1.165, 1.54) is 11.8 Å². The fraction of sp³-hybridized carbons (Fsp3) is 0.583. The van der Waals surface area contributed by atoms with Gasteiger partial charge >= 0.3 is 0 Å². The van der Waals surface area contributed by atoms with Crippen molar-refractivity contribution >= 4 is 29.5 Å². The molecule has 0 saturated carbocycles. The van der Waals surface area contributed by atoms with Crippen LogP contribution in [0.1, 0.15) is 60.6 Å². The van der Waals surface area contributed by atoms with E-state index in [-0.39, 0.29) is 17.7 Å². The average molecular weight is 685 g/mol. The maximum atomic E-state index is 13.2. The Kier molecular flexibility index (Phi) is 13.1. The number of ether oxygens (including phenoxy) is 1. The number of carbonyl (C=O) groups is 3. The molecule has 11 nitrogen and oxygen atoms in total. The van der Waals surface area contributed by atoms with Crippen LogP contribution in [0.15, 0.2) is 42.5 Å². The van der Waals surface area contributed by atoms with Gasteiger partial charge in [-0.1, -0.05) is 42.5 Å². The number of aryl methyl sites for hydroxylation is 2. The first-order chi connectivity index (χ1) is 22.7. The highest BCUT2D eigenvalue weighted by molar-refractivity contribution is 7.99. The molecule has 2 heterocycles. The monoisotopic (exact) mass is 684 g/mol. The van der Waals surface area contributed by atoms with E-state index >= 15 is 0 Å². The Morgan fingerprint density at radius 1 is 0.958 bits per heavy atom. The number of aliphatic hydroxyl groups excluding tert-OH is 3. The molecule has 2 saturated heterocycles. The van der Waals surface area contributed by atoms with E-state index in [0.717, 1.165) is 34.2 Å². The Labute approximate surface area is 288 Å². The minimum Gasteiger partial charge on any atom is -0.387 e. The molecule has 4 N–H and O–H groups in total. The van der Waals surface area contributed by atoms with Crippen molar-refractivity contribution in [2.75, 3.05) is 53.1 Å². The third-order valence-corrected chi connectivity index (χ3v) is 10.1. The van der Waals surface area contributed by atoms with Crippen molar-refractivity contribution < 1.29 is 34.4 Å². The van der Waals surface area contributed by atoms with Gasteiger partial charge in [0.05, 0.1) is 6.54 Å². The van der Waals surface area contributed by atoms with Crippen LogP contribution in [0, 0.1) is 6.92 Å². The number of carbonyl (C=O) groups excluding carboxylic acids is 3. The maximum Gasteiger partial charge on any atom is 0.247 e. The highest BCUT2D eigenvalue weighted by atomic mass is 32.2. The molecule has 0 radical (unpaired) electrons. The van der Waals surface area contributed by atoms with Crippen molar-refractivity contribution in [1.29, 1.82) is 0 Å². The lowest BCUT2D eigenvalue weighted by molar-refractivity contribution is -0.200. The molecule has 4 rings (SSSR count). The van der Waals surface area contributed by atoms with Crippen molar-refractivity contribution in [1.82, 2.24) is 20.0 Å². The van der Waals surface area contributed by atoms with Gasteiger partial charge in [-0.05, 0) is 74.1 Å². The molecule has 0 aliphatic carbocycles.